The molecule has 4 heteroatoms. The highest BCUT2D eigenvalue weighted by molar-refractivity contribution is 9.10. The standard InChI is InChI=1S/C15H20BrNO2/c1-2-14(18)17-11-15(6-8-19-9-7-15)12-4-3-5-13(16)10-12/h3-5,10H,2,6-9,11H2,1H3,(H,17,18). The Balaban J connectivity index is 2.21. The molecule has 0 saturated carbocycles. The number of rotatable bonds is 4. The Kier molecular flexibility index (Phi) is 4.99. The second kappa shape index (κ2) is 6.53. The smallest absolute Gasteiger partial charge is 0.219 e. The average molecular weight is 326 g/mol. The van der Waals surface area contributed by atoms with Crippen LogP contribution in [-0.2, 0) is 14.9 Å². The van der Waals surface area contributed by atoms with Crippen molar-refractivity contribution in [3.63, 3.8) is 0 Å². The minimum atomic E-state index is 0.00681. The lowest BCUT2D eigenvalue weighted by Gasteiger charge is -2.38. The van der Waals surface area contributed by atoms with E-state index >= 15 is 0 Å². The number of halogens is 1. The molecule has 1 aliphatic rings. The minimum Gasteiger partial charge on any atom is -0.381 e. The third kappa shape index (κ3) is 3.57. The Morgan fingerprint density at radius 3 is 2.79 bits per heavy atom. The summed E-state index contributed by atoms with van der Waals surface area (Å²) < 4.78 is 6.57. The molecule has 1 aromatic carbocycles. The maximum Gasteiger partial charge on any atom is 0.219 e. The quantitative estimate of drug-likeness (QED) is 0.924. The van der Waals surface area contributed by atoms with E-state index in [1.807, 2.05) is 13.0 Å². The van der Waals surface area contributed by atoms with Crippen LogP contribution in [0.3, 0.4) is 0 Å². The number of carbonyl (C=O) groups excluding carboxylic acids is 1. The highest BCUT2D eigenvalue weighted by Gasteiger charge is 2.34. The topological polar surface area (TPSA) is 38.3 Å². The largest absolute Gasteiger partial charge is 0.381 e. The van der Waals surface area contributed by atoms with E-state index in [9.17, 15) is 4.79 Å². The molecule has 0 unspecified atom stereocenters. The molecule has 1 N–H and O–H groups in total. The molecule has 1 heterocycles. The number of nitrogens with one attached hydrogen (secondary N) is 1. The zero-order valence-electron chi connectivity index (χ0n) is 11.2. The third-order valence-corrected chi connectivity index (χ3v) is 4.33. The van der Waals surface area contributed by atoms with Crippen LogP contribution in [0.1, 0.15) is 31.7 Å². The van der Waals surface area contributed by atoms with Crippen LogP contribution >= 0.6 is 15.9 Å². The molecule has 1 saturated heterocycles. The van der Waals surface area contributed by atoms with Crippen molar-refractivity contribution in [3.05, 3.63) is 34.3 Å². The highest BCUT2D eigenvalue weighted by atomic mass is 79.9. The number of ether oxygens (including phenoxy) is 1. The fourth-order valence-electron chi connectivity index (χ4n) is 2.54. The maximum absolute atomic E-state index is 11.5. The van der Waals surface area contributed by atoms with Crippen LogP contribution in [0.25, 0.3) is 0 Å². The van der Waals surface area contributed by atoms with E-state index in [4.69, 9.17) is 4.74 Å². The Bertz CT molecular complexity index is 442. The SMILES string of the molecule is CCC(=O)NCC1(c2cccc(Br)c2)CCOCC1. The van der Waals surface area contributed by atoms with Gasteiger partial charge in [-0.3, -0.25) is 4.79 Å². The van der Waals surface area contributed by atoms with Crippen molar-refractivity contribution in [3.8, 4) is 0 Å². The zero-order valence-corrected chi connectivity index (χ0v) is 12.8. The molecule has 104 valence electrons. The first-order valence-electron chi connectivity index (χ1n) is 6.77. The molecule has 19 heavy (non-hydrogen) atoms. The molecular formula is C15H20BrNO2. The van der Waals surface area contributed by atoms with Crippen LogP contribution in [0.2, 0.25) is 0 Å². The fourth-order valence-corrected chi connectivity index (χ4v) is 2.94. The summed E-state index contributed by atoms with van der Waals surface area (Å²) >= 11 is 3.53. The van der Waals surface area contributed by atoms with Crippen molar-refractivity contribution >= 4 is 21.8 Å². The predicted octanol–water partition coefficient (Wildman–Crippen LogP) is 3.02. The zero-order chi connectivity index (χ0) is 13.7. The molecule has 3 nitrogen and oxygen atoms in total. The number of hydrogen-bond donors (Lipinski definition) is 1. The fraction of sp³-hybridized carbons (Fsp3) is 0.533. The molecule has 0 spiro atoms. The van der Waals surface area contributed by atoms with Crippen LogP contribution in [0.4, 0.5) is 0 Å². The van der Waals surface area contributed by atoms with E-state index in [1.54, 1.807) is 0 Å². The summed E-state index contributed by atoms with van der Waals surface area (Å²) in [7, 11) is 0. The maximum atomic E-state index is 11.5. The van der Waals surface area contributed by atoms with Gasteiger partial charge in [-0.1, -0.05) is 35.0 Å². The third-order valence-electron chi connectivity index (χ3n) is 3.83. The van der Waals surface area contributed by atoms with Gasteiger partial charge in [0.25, 0.3) is 0 Å². The van der Waals surface area contributed by atoms with Crippen molar-refractivity contribution in [1.29, 1.82) is 0 Å². The van der Waals surface area contributed by atoms with Crippen molar-refractivity contribution in [2.75, 3.05) is 19.8 Å². The molecule has 0 radical (unpaired) electrons. The summed E-state index contributed by atoms with van der Waals surface area (Å²) in [5.74, 6) is 0.112. The summed E-state index contributed by atoms with van der Waals surface area (Å²) in [6.45, 7) is 4.09. The number of amides is 1. The van der Waals surface area contributed by atoms with Gasteiger partial charge in [-0.2, -0.15) is 0 Å². The number of benzene rings is 1. The lowest BCUT2D eigenvalue weighted by Crippen LogP contribution is -2.44. The molecule has 0 aliphatic carbocycles. The molecule has 1 aliphatic heterocycles. The second-order valence-electron chi connectivity index (χ2n) is 5.03. The van der Waals surface area contributed by atoms with Gasteiger partial charge in [0.05, 0.1) is 0 Å². The van der Waals surface area contributed by atoms with Crippen molar-refractivity contribution in [2.45, 2.75) is 31.6 Å². The Morgan fingerprint density at radius 2 is 2.16 bits per heavy atom. The monoisotopic (exact) mass is 325 g/mol. The molecule has 0 bridgehead atoms. The van der Waals surface area contributed by atoms with Crippen LogP contribution in [-0.4, -0.2) is 25.7 Å². The van der Waals surface area contributed by atoms with Gasteiger partial charge in [-0.15, -0.1) is 0 Å². The second-order valence-corrected chi connectivity index (χ2v) is 5.95. The normalized spacial score (nSPS) is 18.0. The first-order chi connectivity index (χ1) is 9.16. The van der Waals surface area contributed by atoms with E-state index in [0.717, 1.165) is 30.5 Å². The molecule has 1 amide bonds. The van der Waals surface area contributed by atoms with Gasteiger partial charge in [0, 0.05) is 36.1 Å². The van der Waals surface area contributed by atoms with E-state index in [1.165, 1.54) is 5.56 Å². The van der Waals surface area contributed by atoms with Crippen LogP contribution < -0.4 is 5.32 Å². The summed E-state index contributed by atoms with van der Waals surface area (Å²) in [5.41, 5.74) is 1.29. The Morgan fingerprint density at radius 1 is 1.42 bits per heavy atom. The Labute approximate surface area is 122 Å². The van der Waals surface area contributed by atoms with Crippen LogP contribution in [0, 0.1) is 0 Å². The van der Waals surface area contributed by atoms with Crippen LogP contribution in [0.5, 0.6) is 0 Å². The summed E-state index contributed by atoms with van der Waals surface area (Å²) in [4.78, 5) is 11.5. The van der Waals surface area contributed by atoms with Crippen LogP contribution in [0.15, 0.2) is 28.7 Å². The van der Waals surface area contributed by atoms with Gasteiger partial charge in [-0.05, 0) is 30.5 Å². The summed E-state index contributed by atoms with van der Waals surface area (Å²) in [5, 5.41) is 3.05. The average Bonchev–Trinajstić information content (AvgIpc) is 2.46. The van der Waals surface area contributed by atoms with Crippen molar-refractivity contribution in [2.24, 2.45) is 0 Å². The predicted molar refractivity (Wildman–Crippen MR) is 79.2 cm³/mol. The van der Waals surface area contributed by atoms with Gasteiger partial charge >= 0.3 is 0 Å². The summed E-state index contributed by atoms with van der Waals surface area (Å²) in [6, 6.07) is 8.39. The number of carbonyl (C=O) groups is 1. The highest BCUT2D eigenvalue weighted by Crippen LogP contribution is 2.35. The van der Waals surface area contributed by atoms with Crippen molar-refractivity contribution in [1.82, 2.24) is 5.32 Å². The Hall–Kier alpha value is -0.870. The van der Waals surface area contributed by atoms with Gasteiger partial charge in [0.2, 0.25) is 5.91 Å². The molecule has 0 aromatic heterocycles. The van der Waals surface area contributed by atoms with Gasteiger partial charge < -0.3 is 10.1 Å². The lowest BCUT2D eigenvalue weighted by molar-refractivity contribution is -0.121. The van der Waals surface area contributed by atoms with E-state index in [2.05, 4.69) is 39.4 Å². The first kappa shape index (κ1) is 14.5. The van der Waals surface area contributed by atoms with Gasteiger partial charge in [0.15, 0.2) is 0 Å². The molecule has 2 rings (SSSR count). The molecule has 1 fully saturated rings. The van der Waals surface area contributed by atoms with Gasteiger partial charge in [0.1, 0.15) is 0 Å². The van der Waals surface area contributed by atoms with E-state index in [0.29, 0.717) is 13.0 Å². The van der Waals surface area contributed by atoms with E-state index in [-0.39, 0.29) is 11.3 Å². The minimum absolute atomic E-state index is 0.00681. The molecular weight excluding hydrogens is 306 g/mol. The lowest BCUT2D eigenvalue weighted by atomic mass is 9.74. The van der Waals surface area contributed by atoms with E-state index < -0.39 is 0 Å². The van der Waals surface area contributed by atoms with Crippen molar-refractivity contribution < 1.29 is 9.53 Å². The summed E-state index contributed by atoms with van der Waals surface area (Å²) in [6.07, 6.45) is 2.44. The molecule has 1 aromatic rings. The molecule has 0 atom stereocenters. The van der Waals surface area contributed by atoms with Gasteiger partial charge in [-0.25, -0.2) is 0 Å². The first-order valence-corrected chi connectivity index (χ1v) is 7.56. The number of hydrogen-bond acceptors (Lipinski definition) is 2.